The number of benzene rings is 1. The van der Waals surface area contributed by atoms with Gasteiger partial charge in [0.15, 0.2) is 0 Å². The predicted octanol–water partition coefficient (Wildman–Crippen LogP) is 2.20. The lowest BCUT2D eigenvalue weighted by molar-refractivity contribution is 0.280. The van der Waals surface area contributed by atoms with Gasteiger partial charge in [0.2, 0.25) is 10.0 Å². The number of aliphatic hydroxyl groups excluding tert-OH is 1. The molecule has 1 atom stereocenters. The second-order valence-corrected chi connectivity index (χ2v) is 6.76. The van der Waals surface area contributed by atoms with Crippen LogP contribution in [-0.4, -0.2) is 19.6 Å². The molecule has 0 aliphatic heterocycles. The molecule has 0 spiro atoms. The molecule has 19 heavy (non-hydrogen) atoms. The molecule has 0 bridgehead atoms. The largest absolute Gasteiger partial charge is 0.392 e. The van der Waals surface area contributed by atoms with Crippen molar-refractivity contribution in [2.24, 2.45) is 5.92 Å². The highest BCUT2D eigenvalue weighted by Crippen LogP contribution is 2.20. The number of sulfonamides is 1. The molecular formula is C14H23NO3S. The minimum absolute atomic E-state index is 0.0813. The van der Waals surface area contributed by atoms with E-state index < -0.39 is 10.0 Å². The highest BCUT2D eigenvalue weighted by molar-refractivity contribution is 7.89. The van der Waals surface area contributed by atoms with Gasteiger partial charge in [0.25, 0.3) is 0 Å². The molecule has 1 aromatic carbocycles. The Morgan fingerprint density at radius 1 is 1.32 bits per heavy atom. The Kier molecular flexibility index (Phi) is 5.52. The third-order valence-electron chi connectivity index (χ3n) is 3.41. The molecule has 1 rings (SSSR count). The second-order valence-electron chi connectivity index (χ2n) is 5.08. The third-order valence-corrected chi connectivity index (χ3v) is 5.04. The SMILES string of the molecule is CCC(NS(=O)(=O)c1cccc(CO)c1C)C(C)C. The molecule has 0 saturated heterocycles. The average molecular weight is 285 g/mol. The fourth-order valence-electron chi connectivity index (χ4n) is 2.08. The van der Waals surface area contributed by atoms with Gasteiger partial charge in [-0.1, -0.05) is 32.9 Å². The normalized spacial score (nSPS) is 13.8. The van der Waals surface area contributed by atoms with Crippen LogP contribution in [0.25, 0.3) is 0 Å². The highest BCUT2D eigenvalue weighted by atomic mass is 32.2. The van der Waals surface area contributed by atoms with Gasteiger partial charge >= 0.3 is 0 Å². The van der Waals surface area contributed by atoms with Crippen molar-refractivity contribution in [1.82, 2.24) is 4.72 Å². The van der Waals surface area contributed by atoms with Gasteiger partial charge in [0.05, 0.1) is 11.5 Å². The summed E-state index contributed by atoms with van der Waals surface area (Å²) in [5.74, 6) is 0.237. The summed E-state index contributed by atoms with van der Waals surface area (Å²) in [6.07, 6.45) is 0.746. The Hall–Kier alpha value is -0.910. The molecule has 0 heterocycles. The average Bonchev–Trinajstić information content (AvgIpc) is 2.35. The van der Waals surface area contributed by atoms with Gasteiger partial charge < -0.3 is 5.11 Å². The van der Waals surface area contributed by atoms with Crippen LogP contribution in [0.2, 0.25) is 0 Å². The van der Waals surface area contributed by atoms with Crippen LogP contribution in [0.3, 0.4) is 0 Å². The highest BCUT2D eigenvalue weighted by Gasteiger charge is 2.23. The maximum absolute atomic E-state index is 12.4. The van der Waals surface area contributed by atoms with Crippen LogP contribution in [0.1, 0.15) is 38.3 Å². The van der Waals surface area contributed by atoms with Gasteiger partial charge in [-0.2, -0.15) is 0 Å². The van der Waals surface area contributed by atoms with Gasteiger partial charge in [-0.25, -0.2) is 13.1 Å². The summed E-state index contributed by atoms with van der Waals surface area (Å²) in [4.78, 5) is 0.248. The fourth-order valence-corrected chi connectivity index (χ4v) is 3.83. The monoisotopic (exact) mass is 285 g/mol. The lowest BCUT2D eigenvalue weighted by Gasteiger charge is -2.21. The molecular weight excluding hydrogens is 262 g/mol. The van der Waals surface area contributed by atoms with Crippen molar-refractivity contribution >= 4 is 10.0 Å². The van der Waals surface area contributed by atoms with E-state index in [4.69, 9.17) is 0 Å². The van der Waals surface area contributed by atoms with E-state index in [1.807, 2.05) is 20.8 Å². The summed E-state index contributed by atoms with van der Waals surface area (Å²) in [6, 6.07) is 4.88. The van der Waals surface area contributed by atoms with Gasteiger partial charge in [0.1, 0.15) is 0 Å². The topological polar surface area (TPSA) is 66.4 Å². The van der Waals surface area contributed by atoms with Gasteiger partial charge in [-0.3, -0.25) is 0 Å². The standard InChI is InChI=1S/C14H23NO3S/c1-5-13(10(2)3)15-19(17,18)14-8-6-7-12(9-16)11(14)4/h6-8,10,13,15-16H,5,9H2,1-4H3. The molecule has 1 unspecified atom stereocenters. The molecule has 4 nitrogen and oxygen atoms in total. The van der Waals surface area contributed by atoms with E-state index in [0.29, 0.717) is 11.1 Å². The fraction of sp³-hybridized carbons (Fsp3) is 0.571. The number of nitrogens with one attached hydrogen (secondary N) is 1. The van der Waals surface area contributed by atoms with Crippen molar-refractivity contribution < 1.29 is 13.5 Å². The molecule has 0 fully saturated rings. The van der Waals surface area contributed by atoms with E-state index in [1.165, 1.54) is 0 Å². The predicted molar refractivity (Wildman–Crippen MR) is 76.3 cm³/mol. The zero-order valence-corrected chi connectivity index (χ0v) is 12.8. The number of hydrogen-bond acceptors (Lipinski definition) is 3. The molecule has 0 aliphatic carbocycles. The van der Waals surface area contributed by atoms with Crippen LogP contribution in [-0.2, 0) is 16.6 Å². The van der Waals surface area contributed by atoms with E-state index in [9.17, 15) is 13.5 Å². The molecule has 1 aromatic rings. The van der Waals surface area contributed by atoms with Gasteiger partial charge in [0, 0.05) is 6.04 Å². The van der Waals surface area contributed by atoms with E-state index in [1.54, 1.807) is 25.1 Å². The van der Waals surface area contributed by atoms with Crippen LogP contribution in [0.4, 0.5) is 0 Å². The van der Waals surface area contributed by atoms with Crippen molar-refractivity contribution in [3.8, 4) is 0 Å². The Morgan fingerprint density at radius 3 is 2.42 bits per heavy atom. The molecule has 0 radical (unpaired) electrons. The smallest absolute Gasteiger partial charge is 0.241 e. The first-order chi connectivity index (χ1) is 8.83. The van der Waals surface area contributed by atoms with Crippen LogP contribution >= 0.6 is 0 Å². The number of aliphatic hydroxyl groups is 1. The first-order valence-corrected chi connectivity index (χ1v) is 8.03. The first kappa shape index (κ1) is 16.1. The summed E-state index contributed by atoms with van der Waals surface area (Å²) >= 11 is 0. The quantitative estimate of drug-likeness (QED) is 0.842. The lowest BCUT2D eigenvalue weighted by Crippen LogP contribution is -2.38. The van der Waals surface area contributed by atoms with Crippen molar-refractivity contribution in [3.05, 3.63) is 29.3 Å². The summed E-state index contributed by atoms with van der Waals surface area (Å²) < 4.78 is 27.5. The van der Waals surface area contributed by atoms with Crippen molar-refractivity contribution in [3.63, 3.8) is 0 Å². The van der Waals surface area contributed by atoms with Gasteiger partial charge in [-0.05, 0) is 36.5 Å². The van der Waals surface area contributed by atoms with E-state index in [0.717, 1.165) is 6.42 Å². The minimum Gasteiger partial charge on any atom is -0.392 e. The van der Waals surface area contributed by atoms with E-state index in [-0.39, 0.29) is 23.5 Å². The minimum atomic E-state index is -3.54. The molecule has 0 aliphatic rings. The number of rotatable bonds is 6. The van der Waals surface area contributed by atoms with E-state index >= 15 is 0 Å². The molecule has 0 amide bonds. The molecule has 5 heteroatoms. The maximum atomic E-state index is 12.4. The van der Waals surface area contributed by atoms with Crippen LogP contribution < -0.4 is 4.72 Å². The Bertz CT molecular complexity index is 523. The summed E-state index contributed by atoms with van der Waals surface area (Å²) in [5.41, 5.74) is 1.25. The Labute approximate surface area is 115 Å². The zero-order chi connectivity index (χ0) is 14.6. The lowest BCUT2D eigenvalue weighted by atomic mass is 10.0. The van der Waals surface area contributed by atoms with E-state index in [2.05, 4.69) is 4.72 Å². The first-order valence-electron chi connectivity index (χ1n) is 6.55. The third kappa shape index (κ3) is 3.78. The molecule has 108 valence electrons. The zero-order valence-electron chi connectivity index (χ0n) is 12.0. The summed E-state index contributed by atoms with van der Waals surface area (Å²) in [7, 11) is -3.54. The van der Waals surface area contributed by atoms with Crippen LogP contribution in [0.5, 0.6) is 0 Å². The second kappa shape index (κ2) is 6.50. The maximum Gasteiger partial charge on any atom is 0.241 e. The summed E-state index contributed by atoms with van der Waals surface area (Å²) in [6.45, 7) is 7.51. The van der Waals surface area contributed by atoms with Crippen molar-refractivity contribution in [2.45, 2.75) is 51.7 Å². The molecule has 0 aromatic heterocycles. The van der Waals surface area contributed by atoms with Crippen molar-refractivity contribution in [1.29, 1.82) is 0 Å². The number of hydrogen-bond donors (Lipinski definition) is 2. The van der Waals surface area contributed by atoms with Crippen LogP contribution in [0.15, 0.2) is 23.1 Å². The molecule has 0 saturated carbocycles. The molecule has 2 N–H and O–H groups in total. The van der Waals surface area contributed by atoms with Crippen LogP contribution in [0, 0.1) is 12.8 Å². The Morgan fingerprint density at radius 2 is 1.95 bits per heavy atom. The Balaban J connectivity index is 3.14. The van der Waals surface area contributed by atoms with Gasteiger partial charge in [-0.15, -0.1) is 0 Å². The van der Waals surface area contributed by atoms with Crippen molar-refractivity contribution in [2.75, 3.05) is 0 Å². The summed E-state index contributed by atoms with van der Waals surface area (Å²) in [5, 5.41) is 9.21.